The van der Waals surface area contributed by atoms with E-state index in [2.05, 4.69) is 13.2 Å². The molecule has 0 spiro atoms. The van der Waals surface area contributed by atoms with E-state index in [-0.39, 0.29) is 24.1 Å². The van der Waals surface area contributed by atoms with Gasteiger partial charge in [-0.25, -0.2) is 14.4 Å². The molecule has 1 heterocycles. The molecule has 0 aromatic heterocycles. The largest absolute Gasteiger partial charge is 0.478 e. The summed E-state index contributed by atoms with van der Waals surface area (Å²) in [7, 11) is 0. The molecule has 0 amide bonds. The Bertz CT molecular complexity index is 516. The Balaban J connectivity index is 0.000000496. The predicted octanol–water partition coefficient (Wildman–Crippen LogP) is 2.42. The fourth-order valence-corrected chi connectivity index (χ4v) is 1.25. The first-order valence-corrected chi connectivity index (χ1v) is 7.96. The van der Waals surface area contributed by atoms with Crippen LogP contribution in [0.2, 0.25) is 0 Å². The summed E-state index contributed by atoms with van der Waals surface area (Å²) in [5.74, 6) is -1.84. The number of esters is 2. The molecule has 0 bridgehead atoms. The van der Waals surface area contributed by atoms with Crippen LogP contribution in [0.3, 0.4) is 0 Å². The van der Waals surface area contributed by atoms with Gasteiger partial charge in [0, 0.05) is 17.2 Å². The molecule has 25 heavy (non-hydrogen) atoms. The zero-order valence-corrected chi connectivity index (χ0v) is 14.8. The van der Waals surface area contributed by atoms with Gasteiger partial charge in [0.2, 0.25) is 0 Å². The summed E-state index contributed by atoms with van der Waals surface area (Å²) in [5.41, 5.74) is 0.698. The number of epoxide rings is 1. The van der Waals surface area contributed by atoms with E-state index in [0.29, 0.717) is 25.4 Å². The number of hydrogen-bond donors (Lipinski definition) is 1. The van der Waals surface area contributed by atoms with Crippen LogP contribution in [0.15, 0.2) is 36.5 Å². The summed E-state index contributed by atoms with van der Waals surface area (Å²) >= 11 is 0. The fraction of sp³-hybridized carbons (Fsp3) is 0.500. The first kappa shape index (κ1) is 22.6. The van der Waals surface area contributed by atoms with Crippen molar-refractivity contribution in [3.05, 3.63) is 36.5 Å². The quantitative estimate of drug-likeness (QED) is 0.278. The minimum Gasteiger partial charge on any atom is -0.478 e. The number of carbonyl (C=O) groups is 3. The topological polar surface area (TPSA) is 102 Å². The van der Waals surface area contributed by atoms with Crippen molar-refractivity contribution in [3.63, 3.8) is 0 Å². The van der Waals surface area contributed by atoms with E-state index in [0.717, 1.165) is 18.9 Å². The van der Waals surface area contributed by atoms with Gasteiger partial charge in [0.1, 0.15) is 12.7 Å². The van der Waals surface area contributed by atoms with Gasteiger partial charge < -0.3 is 19.3 Å². The maximum atomic E-state index is 11.2. The number of carbonyl (C=O) groups excluding carboxylic acids is 2. The number of unbranched alkanes of at least 4 members (excludes halogenated alkanes) is 1. The van der Waals surface area contributed by atoms with E-state index in [9.17, 15) is 14.4 Å². The maximum absolute atomic E-state index is 11.2. The third-order valence-corrected chi connectivity index (χ3v) is 2.80. The molecular formula is C18H26O7. The van der Waals surface area contributed by atoms with Crippen LogP contribution < -0.4 is 0 Å². The van der Waals surface area contributed by atoms with Gasteiger partial charge in [-0.15, -0.1) is 0 Å². The molecule has 1 atom stereocenters. The van der Waals surface area contributed by atoms with Crippen LogP contribution >= 0.6 is 0 Å². The molecule has 0 aliphatic carbocycles. The number of ether oxygens (including phenoxy) is 3. The van der Waals surface area contributed by atoms with Crippen LogP contribution in [0.4, 0.5) is 0 Å². The second-order valence-corrected chi connectivity index (χ2v) is 5.37. The van der Waals surface area contributed by atoms with Gasteiger partial charge in [0.15, 0.2) is 0 Å². The summed E-state index contributed by atoms with van der Waals surface area (Å²) in [6.07, 6.45) is 4.47. The van der Waals surface area contributed by atoms with Gasteiger partial charge in [0.25, 0.3) is 0 Å². The lowest BCUT2D eigenvalue weighted by Crippen LogP contribution is -2.09. The van der Waals surface area contributed by atoms with Crippen LogP contribution in [0.5, 0.6) is 0 Å². The molecule has 1 rings (SSSR count). The SMILES string of the molecule is C=C(C)C(=O)OCC1CO1.C=C(CC=CC(=O)O)C(=O)OCCCC. The first-order valence-electron chi connectivity index (χ1n) is 7.96. The van der Waals surface area contributed by atoms with E-state index >= 15 is 0 Å². The molecule has 1 unspecified atom stereocenters. The standard InChI is InChI=1S/C11H16O4.C7H10O3/c1-3-4-8-15-11(14)9(2)6-5-7-10(12)13;1-5(2)7(8)10-4-6-3-9-6/h5,7H,2-4,6,8H2,1H3,(H,12,13);6H,1,3-4H2,2H3. The fourth-order valence-electron chi connectivity index (χ4n) is 1.25. The number of allylic oxidation sites excluding steroid dienone is 1. The molecule has 140 valence electrons. The highest BCUT2D eigenvalue weighted by molar-refractivity contribution is 5.88. The van der Waals surface area contributed by atoms with Gasteiger partial charge >= 0.3 is 17.9 Å². The average Bonchev–Trinajstić information content (AvgIpc) is 3.37. The molecule has 1 aliphatic rings. The van der Waals surface area contributed by atoms with Crippen molar-refractivity contribution in [2.45, 2.75) is 39.2 Å². The van der Waals surface area contributed by atoms with E-state index in [1.165, 1.54) is 6.08 Å². The molecule has 0 saturated carbocycles. The van der Waals surface area contributed by atoms with Gasteiger partial charge in [-0.3, -0.25) is 0 Å². The van der Waals surface area contributed by atoms with Crippen molar-refractivity contribution in [1.82, 2.24) is 0 Å². The first-order chi connectivity index (χ1) is 11.8. The van der Waals surface area contributed by atoms with Crippen LogP contribution in [0, 0.1) is 0 Å². The zero-order valence-electron chi connectivity index (χ0n) is 14.8. The third kappa shape index (κ3) is 13.7. The van der Waals surface area contributed by atoms with Gasteiger partial charge in [-0.1, -0.05) is 32.6 Å². The van der Waals surface area contributed by atoms with E-state index in [1.54, 1.807) is 6.92 Å². The summed E-state index contributed by atoms with van der Waals surface area (Å²) in [4.78, 5) is 32.0. The van der Waals surface area contributed by atoms with E-state index < -0.39 is 11.9 Å². The number of hydrogen-bond acceptors (Lipinski definition) is 6. The van der Waals surface area contributed by atoms with E-state index in [1.807, 2.05) is 6.92 Å². The highest BCUT2D eigenvalue weighted by Crippen LogP contribution is 2.09. The maximum Gasteiger partial charge on any atom is 0.333 e. The Kier molecular flexibility index (Phi) is 11.7. The highest BCUT2D eigenvalue weighted by atomic mass is 16.6. The summed E-state index contributed by atoms with van der Waals surface area (Å²) in [6.45, 7) is 12.0. The Labute approximate surface area is 147 Å². The van der Waals surface area contributed by atoms with Crippen LogP contribution in [-0.4, -0.2) is 48.9 Å². The number of carboxylic acids is 1. The minimum absolute atomic E-state index is 0.142. The van der Waals surface area contributed by atoms with Crippen molar-refractivity contribution in [2.24, 2.45) is 0 Å². The lowest BCUT2D eigenvalue weighted by atomic mass is 10.2. The van der Waals surface area contributed by atoms with Crippen molar-refractivity contribution in [1.29, 1.82) is 0 Å². The Hall–Kier alpha value is -2.41. The molecule has 0 radical (unpaired) electrons. The van der Waals surface area contributed by atoms with Gasteiger partial charge in [-0.05, 0) is 19.8 Å². The molecule has 0 aromatic rings. The molecule has 1 N–H and O–H groups in total. The molecule has 7 nitrogen and oxygen atoms in total. The molecule has 1 fully saturated rings. The summed E-state index contributed by atoms with van der Waals surface area (Å²) in [6, 6.07) is 0. The molecular weight excluding hydrogens is 328 g/mol. The lowest BCUT2D eigenvalue weighted by Gasteiger charge is -2.03. The Morgan fingerprint density at radius 3 is 2.36 bits per heavy atom. The van der Waals surface area contributed by atoms with Crippen LogP contribution in [0.25, 0.3) is 0 Å². The second kappa shape index (κ2) is 12.9. The molecule has 1 saturated heterocycles. The molecule has 7 heteroatoms. The predicted molar refractivity (Wildman–Crippen MR) is 91.9 cm³/mol. The van der Waals surface area contributed by atoms with Gasteiger partial charge in [0.05, 0.1) is 13.2 Å². The van der Waals surface area contributed by atoms with Crippen molar-refractivity contribution in [3.8, 4) is 0 Å². The van der Waals surface area contributed by atoms with Crippen LogP contribution in [0.1, 0.15) is 33.1 Å². The normalized spacial score (nSPS) is 14.9. The lowest BCUT2D eigenvalue weighted by molar-refractivity contribution is -0.140. The smallest absolute Gasteiger partial charge is 0.333 e. The van der Waals surface area contributed by atoms with Crippen molar-refractivity contribution >= 4 is 17.9 Å². The molecule has 0 aromatic carbocycles. The number of rotatable bonds is 10. The zero-order chi connectivity index (χ0) is 19.2. The Morgan fingerprint density at radius 1 is 1.24 bits per heavy atom. The second-order valence-electron chi connectivity index (χ2n) is 5.37. The highest BCUT2D eigenvalue weighted by Gasteiger charge is 2.24. The third-order valence-electron chi connectivity index (χ3n) is 2.80. The van der Waals surface area contributed by atoms with Crippen molar-refractivity contribution < 1.29 is 33.7 Å². The van der Waals surface area contributed by atoms with E-state index in [4.69, 9.17) is 19.3 Å². The average molecular weight is 354 g/mol. The number of carboxylic acid groups (broad SMARTS) is 1. The summed E-state index contributed by atoms with van der Waals surface area (Å²) in [5, 5.41) is 8.31. The Morgan fingerprint density at radius 2 is 1.88 bits per heavy atom. The summed E-state index contributed by atoms with van der Waals surface area (Å²) < 4.78 is 14.5. The number of aliphatic carboxylic acids is 1. The molecule has 1 aliphatic heterocycles. The monoisotopic (exact) mass is 354 g/mol. The van der Waals surface area contributed by atoms with Gasteiger partial charge in [-0.2, -0.15) is 0 Å². The van der Waals surface area contributed by atoms with Crippen LogP contribution in [-0.2, 0) is 28.6 Å². The van der Waals surface area contributed by atoms with Crippen molar-refractivity contribution in [2.75, 3.05) is 19.8 Å². The minimum atomic E-state index is -1.04.